The van der Waals surface area contributed by atoms with Crippen LogP contribution in [-0.4, -0.2) is 29.8 Å². The zero-order valence-corrected chi connectivity index (χ0v) is 8.45. The molecule has 0 aliphatic heterocycles. The van der Waals surface area contributed by atoms with Gasteiger partial charge in [-0.15, -0.1) is 0 Å². The molecule has 0 bridgehead atoms. The lowest BCUT2D eigenvalue weighted by atomic mass is 9.85. The van der Waals surface area contributed by atoms with Gasteiger partial charge in [-0.05, 0) is 25.0 Å². The first-order valence-electron chi connectivity index (χ1n) is 3.91. The first-order valence-corrected chi connectivity index (χ1v) is 5.31. The lowest BCUT2D eigenvalue weighted by Gasteiger charge is -2.28. The van der Waals surface area contributed by atoms with Crippen molar-refractivity contribution in [3.63, 3.8) is 0 Å². The monoisotopic (exact) mass is 177 g/mol. The van der Waals surface area contributed by atoms with E-state index in [9.17, 15) is 5.11 Å². The van der Waals surface area contributed by atoms with Crippen LogP contribution in [0.15, 0.2) is 0 Å². The van der Waals surface area contributed by atoms with Crippen LogP contribution in [0.2, 0.25) is 0 Å². The molecule has 3 N–H and O–H groups in total. The van der Waals surface area contributed by atoms with Gasteiger partial charge in [-0.3, -0.25) is 0 Å². The fourth-order valence-electron chi connectivity index (χ4n) is 0.756. The van der Waals surface area contributed by atoms with Gasteiger partial charge in [0.2, 0.25) is 0 Å². The van der Waals surface area contributed by atoms with E-state index in [4.69, 9.17) is 5.73 Å². The highest BCUT2D eigenvalue weighted by molar-refractivity contribution is 7.98. The summed E-state index contributed by atoms with van der Waals surface area (Å²) in [6.07, 6.45) is 2.62. The number of hydrogen-bond acceptors (Lipinski definition) is 3. The SMILES string of the molecule is CSCCC(O)C(C)(C)CN. The minimum Gasteiger partial charge on any atom is -0.392 e. The third kappa shape index (κ3) is 3.99. The minimum absolute atomic E-state index is 0.129. The molecule has 1 unspecified atom stereocenters. The normalized spacial score (nSPS) is 15.0. The van der Waals surface area contributed by atoms with Gasteiger partial charge in [-0.1, -0.05) is 13.8 Å². The Hall–Kier alpha value is 0.270. The van der Waals surface area contributed by atoms with E-state index >= 15 is 0 Å². The maximum Gasteiger partial charge on any atom is 0.0611 e. The van der Waals surface area contributed by atoms with E-state index in [1.54, 1.807) is 11.8 Å². The second kappa shape index (κ2) is 5.01. The molecule has 0 radical (unpaired) electrons. The number of aliphatic hydroxyl groups excluding tert-OH is 1. The number of thioether (sulfide) groups is 1. The fraction of sp³-hybridized carbons (Fsp3) is 1.00. The summed E-state index contributed by atoms with van der Waals surface area (Å²) in [5.41, 5.74) is 5.38. The Balaban J connectivity index is 3.71. The highest BCUT2D eigenvalue weighted by Gasteiger charge is 2.25. The average Bonchev–Trinajstić information content (AvgIpc) is 2.00. The highest BCUT2D eigenvalue weighted by Crippen LogP contribution is 2.21. The van der Waals surface area contributed by atoms with Crippen molar-refractivity contribution in [1.82, 2.24) is 0 Å². The van der Waals surface area contributed by atoms with Gasteiger partial charge in [-0.2, -0.15) is 11.8 Å². The van der Waals surface area contributed by atoms with Gasteiger partial charge in [0.05, 0.1) is 6.10 Å². The molecule has 0 amide bonds. The van der Waals surface area contributed by atoms with Gasteiger partial charge in [0, 0.05) is 5.41 Å². The van der Waals surface area contributed by atoms with E-state index in [1.165, 1.54) is 0 Å². The highest BCUT2D eigenvalue weighted by atomic mass is 32.2. The summed E-state index contributed by atoms with van der Waals surface area (Å²) in [5.74, 6) is 1.00. The van der Waals surface area contributed by atoms with Crippen molar-refractivity contribution < 1.29 is 5.11 Å². The van der Waals surface area contributed by atoms with Crippen molar-refractivity contribution in [3.8, 4) is 0 Å². The minimum atomic E-state index is -0.264. The summed E-state index contributed by atoms with van der Waals surface area (Å²) in [4.78, 5) is 0. The Kier molecular flexibility index (Phi) is 5.13. The summed E-state index contributed by atoms with van der Waals surface area (Å²) >= 11 is 1.76. The smallest absolute Gasteiger partial charge is 0.0611 e. The zero-order chi connectivity index (χ0) is 8.91. The molecule has 0 saturated heterocycles. The van der Waals surface area contributed by atoms with Gasteiger partial charge in [0.25, 0.3) is 0 Å². The summed E-state index contributed by atoms with van der Waals surface area (Å²) in [6.45, 7) is 4.54. The number of aliphatic hydroxyl groups is 1. The predicted octanol–water partition coefficient (Wildman–Crippen LogP) is 1.09. The Labute approximate surface area is 73.6 Å². The van der Waals surface area contributed by atoms with Crippen molar-refractivity contribution in [2.24, 2.45) is 11.1 Å². The van der Waals surface area contributed by atoms with Crippen molar-refractivity contribution in [2.45, 2.75) is 26.4 Å². The van der Waals surface area contributed by atoms with E-state index < -0.39 is 0 Å². The lowest BCUT2D eigenvalue weighted by molar-refractivity contribution is 0.0542. The van der Waals surface area contributed by atoms with Crippen LogP contribution in [0.5, 0.6) is 0 Å². The quantitative estimate of drug-likeness (QED) is 0.660. The standard InChI is InChI=1S/C8H19NOS/c1-8(2,6-9)7(10)4-5-11-3/h7,10H,4-6,9H2,1-3H3. The molecular weight excluding hydrogens is 158 g/mol. The van der Waals surface area contributed by atoms with Crippen molar-refractivity contribution in [2.75, 3.05) is 18.6 Å². The summed E-state index contributed by atoms with van der Waals surface area (Å²) in [7, 11) is 0. The molecule has 68 valence electrons. The topological polar surface area (TPSA) is 46.2 Å². The first-order chi connectivity index (χ1) is 5.04. The maximum atomic E-state index is 9.61. The zero-order valence-electron chi connectivity index (χ0n) is 7.63. The van der Waals surface area contributed by atoms with Gasteiger partial charge in [0.15, 0.2) is 0 Å². The Morgan fingerprint density at radius 1 is 1.55 bits per heavy atom. The third-order valence-electron chi connectivity index (χ3n) is 2.02. The van der Waals surface area contributed by atoms with Gasteiger partial charge in [0.1, 0.15) is 0 Å². The van der Waals surface area contributed by atoms with E-state index in [0.717, 1.165) is 12.2 Å². The van der Waals surface area contributed by atoms with Gasteiger partial charge >= 0.3 is 0 Å². The first kappa shape index (κ1) is 11.3. The molecule has 2 nitrogen and oxygen atoms in total. The predicted molar refractivity (Wildman–Crippen MR) is 51.8 cm³/mol. The Morgan fingerprint density at radius 2 is 2.09 bits per heavy atom. The lowest BCUT2D eigenvalue weighted by Crippen LogP contribution is -2.36. The summed E-state index contributed by atoms with van der Waals surface area (Å²) in [5, 5.41) is 9.61. The Morgan fingerprint density at radius 3 is 2.45 bits per heavy atom. The molecule has 11 heavy (non-hydrogen) atoms. The molecular formula is C8H19NOS. The van der Waals surface area contributed by atoms with Crippen LogP contribution >= 0.6 is 11.8 Å². The molecule has 0 spiro atoms. The van der Waals surface area contributed by atoms with E-state index in [-0.39, 0.29) is 11.5 Å². The van der Waals surface area contributed by atoms with Crippen LogP contribution in [0.1, 0.15) is 20.3 Å². The van der Waals surface area contributed by atoms with Crippen molar-refractivity contribution >= 4 is 11.8 Å². The van der Waals surface area contributed by atoms with Crippen LogP contribution in [-0.2, 0) is 0 Å². The molecule has 0 aromatic rings. The van der Waals surface area contributed by atoms with Crippen LogP contribution in [0.4, 0.5) is 0 Å². The van der Waals surface area contributed by atoms with Gasteiger partial charge < -0.3 is 10.8 Å². The largest absolute Gasteiger partial charge is 0.392 e. The van der Waals surface area contributed by atoms with Crippen LogP contribution in [0.25, 0.3) is 0 Å². The second-order valence-electron chi connectivity index (χ2n) is 3.49. The molecule has 3 heteroatoms. The Bertz CT molecular complexity index is 106. The molecule has 0 saturated carbocycles. The van der Waals surface area contributed by atoms with Crippen molar-refractivity contribution in [3.05, 3.63) is 0 Å². The molecule has 0 fully saturated rings. The van der Waals surface area contributed by atoms with Crippen molar-refractivity contribution in [1.29, 1.82) is 0 Å². The molecule has 1 atom stereocenters. The summed E-state index contributed by atoms with van der Waals surface area (Å²) in [6, 6.07) is 0. The molecule has 0 aromatic heterocycles. The number of nitrogens with two attached hydrogens (primary N) is 1. The molecule has 0 aliphatic carbocycles. The van der Waals surface area contributed by atoms with Gasteiger partial charge in [-0.25, -0.2) is 0 Å². The van der Waals surface area contributed by atoms with Crippen LogP contribution in [0.3, 0.4) is 0 Å². The second-order valence-corrected chi connectivity index (χ2v) is 4.48. The molecule has 0 aromatic carbocycles. The molecule has 0 aliphatic rings. The fourth-order valence-corrected chi connectivity index (χ4v) is 1.22. The van der Waals surface area contributed by atoms with Crippen LogP contribution in [0, 0.1) is 5.41 Å². The van der Waals surface area contributed by atoms with E-state index in [1.807, 2.05) is 20.1 Å². The average molecular weight is 177 g/mol. The number of rotatable bonds is 5. The third-order valence-corrected chi connectivity index (χ3v) is 2.67. The van der Waals surface area contributed by atoms with Crippen LogP contribution < -0.4 is 5.73 Å². The molecule has 0 heterocycles. The van der Waals surface area contributed by atoms with E-state index in [2.05, 4.69) is 0 Å². The summed E-state index contributed by atoms with van der Waals surface area (Å²) < 4.78 is 0. The maximum absolute atomic E-state index is 9.61. The number of hydrogen-bond donors (Lipinski definition) is 2. The molecule has 0 rings (SSSR count). The van der Waals surface area contributed by atoms with E-state index in [0.29, 0.717) is 6.54 Å².